The second-order valence-electron chi connectivity index (χ2n) is 7.28. The number of amides is 2. The standard InChI is InChI=1S/C21H22N2O3/c1-12-7-16(24)8-13(2)17(12)10-18-21(26)23-11-15-6-4-3-5-14(15)9-19(23)20(25)22-18/h3-8,18-19,24H,9-11H2,1-2H3,(H,22,25). The van der Waals surface area contributed by atoms with E-state index in [1.807, 2.05) is 38.1 Å². The zero-order chi connectivity index (χ0) is 18.4. The van der Waals surface area contributed by atoms with E-state index in [0.717, 1.165) is 27.8 Å². The van der Waals surface area contributed by atoms with Crippen LogP contribution in [0, 0.1) is 13.8 Å². The molecule has 2 aliphatic heterocycles. The van der Waals surface area contributed by atoms with E-state index in [-0.39, 0.29) is 17.6 Å². The Morgan fingerprint density at radius 3 is 2.46 bits per heavy atom. The number of phenols is 1. The lowest BCUT2D eigenvalue weighted by Gasteiger charge is -2.42. The van der Waals surface area contributed by atoms with E-state index in [9.17, 15) is 14.7 Å². The summed E-state index contributed by atoms with van der Waals surface area (Å²) in [7, 11) is 0. The summed E-state index contributed by atoms with van der Waals surface area (Å²) >= 11 is 0. The van der Waals surface area contributed by atoms with E-state index in [4.69, 9.17) is 0 Å². The molecule has 2 aliphatic rings. The van der Waals surface area contributed by atoms with Crippen molar-refractivity contribution in [1.82, 2.24) is 10.2 Å². The van der Waals surface area contributed by atoms with Crippen molar-refractivity contribution in [2.75, 3.05) is 0 Å². The monoisotopic (exact) mass is 350 g/mol. The lowest BCUT2D eigenvalue weighted by atomic mass is 9.88. The van der Waals surface area contributed by atoms with Gasteiger partial charge in [0.25, 0.3) is 0 Å². The van der Waals surface area contributed by atoms with Crippen molar-refractivity contribution in [3.8, 4) is 5.75 Å². The Balaban J connectivity index is 1.62. The first-order valence-corrected chi connectivity index (χ1v) is 8.91. The molecule has 4 rings (SSSR count). The van der Waals surface area contributed by atoms with Crippen molar-refractivity contribution < 1.29 is 14.7 Å². The predicted octanol–water partition coefficient (Wildman–Crippen LogP) is 2.00. The van der Waals surface area contributed by atoms with Crippen LogP contribution < -0.4 is 5.32 Å². The van der Waals surface area contributed by atoms with Gasteiger partial charge in [-0.25, -0.2) is 0 Å². The van der Waals surface area contributed by atoms with Gasteiger partial charge in [0.2, 0.25) is 11.8 Å². The Morgan fingerprint density at radius 2 is 1.77 bits per heavy atom. The second-order valence-corrected chi connectivity index (χ2v) is 7.28. The van der Waals surface area contributed by atoms with Gasteiger partial charge in [-0.3, -0.25) is 9.59 Å². The molecule has 0 bridgehead atoms. The fraction of sp³-hybridized carbons (Fsp3) is 0.333. The average Bonchev–Trinajstić information content (AvgIpc) is 2.60. The molecule has 2 amide bonds. The third-order valence-electron chi connectivity index (χ3n) is 5.54. The number of benzene rings is 2. The molecule has 2 atom stereocenters. The van der Waals surface area contributed by atoms with E-state index in [1.165, 1.54) is 0 Å². The number of nitrogens with zero attached hydrogens (tertiary/aromatic N) is 1. The van der Waals surface area contributed by atoms with Gasteiger partial charge < -0.3 is 15.3 Å². The summed E-state index contributed by atoms with van der Waals surface area (Å²) in [6, 6.07) is 10.4. The maximum atomic E-state index is 13.1. The van der Waals surface area contributed by atoms with Crippen LogP contribution in [0.5, 0.6) is 5.75 Å². The third kappa shape index (κ3) is 2.73. The first-order valence-electron chi connectivity index (χ1n) is 8.91. The Labute approximate surface area is 152 Å². The lowest BCUT2D eigenvalue weighted by Crippen LogP contribution is -2.65. The van der Waals surface area contributed by atoms with Gasteiger partial charge in [0.1, 0.15) is 17.8 Å². The lowest BCUT2D eigenvalue weighted by molar-refractivity contribution is -0.150. The van der Waals surface area contributed by atoms with Crippen LogP contribution in [-0.4, -0.2) is 33.9 Å². The second kappa shape index (κ2) is 6.16. The molecular weight excluding hydrogens is 328 g/mol. The molecule has 2 N–H and O–H groups in total. The van der Waals surface area contributed by atoms with E-state index in [0.29, 0.717) is 19.4 Å². The highest BCUT2D eigenvalue weighted by molar-refractivity contribution is 5.97. The molecule has 2 aromatic rings. The molecular formula is C21H22N2O3. The Morgan fingerprint density at radius 1 is 1.12 bits per heavy atom. The molecule has 0 spiro atoms. The highest BCUT2D eigenvalue weighted by Crippen LogP contribution is 2.28. The first kappa shape index (κ1) is 16.6. The molecule has 0 aromatic heterocycles. The number of hydrogen-bond donors (Lipinski definition) is 2. The molecule has 1 fully saturated rings. The largest absolute Gasteiger partial charge is 0.508 e. The summed E-state index contributed by atoms with van der Waals surface area (Å²) in [6.45, 7) is 4.31. The molecule has 5 heteroatoms. The van der Waals surface area contributed by atoms with Gasteiger partial charge in [-0.1, -0.05) is 24.3 Å². The number of piperazine rings is 1. The number of nitrogens with one attached hydrogen (secondary N) is 1. The predicted molar refractivity (Wildman–Crippen MR) is 97.7 cm³/mol. The van der Waals surface area contributed by atoms with Crippen LogP contribution in [0.25, 0.3) is 0 Å². The Bertz CT molecular complexity index is 883. The molecule has 2 unspecified atom stereocenters. The Kier molecular flexibility index (Phi) is 3.94. The summed E-state index contributed by atoms with van der Waals surface area (Å²) in [4.78, 5) is 27.5. The van der Waals surface area contributed by atoms with E-state index in [1.54, 1.807) is 17.0 Å². The summed E-state index contributed by atoms with van der Waals surface area (Å²) in [5.74, 6) is 0.102. The summed E-state index contributed by atoms with van der Waals surface area (Å²) in [6.07, 6.45) is 1.01. The van der Waals surface area contributed by atoms with Crippen molar-refractivity contribution in [2.24, 2.45) is 0 Å². The van der Waals surface area contributed by atoms with E-state index >= 15 is 0 Å². The number of carbonyl (C=O) groups is 2. The molecule has 0 saturated carbocycles. The minimum absolute atomic E-state index is 0.0315. The van der Waals surface area contributed by atoms with Gasteiger partial charge in [0.05, 0.1) is 0 Å². The molecule has 1 saturated heterocycles. The minimum atomic E-state index is -0.564. The van der Waals surface area contributed by atoms with Crippen LogP contribution in [0.3, 0.4) is 0 Å². The van der Waals surface area contributed by atoms with Gasteiger partial charge in [-0.2, -0.15) is 0 Å². The number of aromatic hydroxyl groups is 1. The third-order valence-corrected chi connectivity index (χ3v) is 5.54. The van der Waals surface area contributed by atoms with E-state index in [2.05, 4.69) is 5.32 Å². The molecule has 2 heterocycles. The minimum Gasteiger partial charge on any atom is -0.508 e. The van der Waals surface area contributed by atoms with Gasteiger partial charge in [0, 0.05) is 19.4 Å². The van der Waals surface area contributed by atoms with Crippen molar-refractivity contribution in [2.45, 2.75) is 45.3 Å². The van der Waals surface area contributed by atoms with Crippen molar-refractivity contribution in [3.05, 3.63) is 64.2 Å². The number of aryl methyl sites for hydroxylation is 2. The summed E-state index contributed by atoms with van der Waals surface area (Å²) in [5.41, 5.74) is 5.10. The van der Waals surface area contributed by atoms with Gasteiger partial charge in [-0.05, 0) is 53.8 Å². The smallest absolute Gasteiger partial charge is 0.246 e. The van der Waals surface area contributed by atoms with Gasteiger partial charge in [-0.15, -0.1) is 0 Å². The number of rotatable bonds is 2. The van der Waals surface area contributed by atoms with Crippen molar-refractivity contribution in [1.29, 1.82) is 0 Å². The van der Waals surface area contributed by atoms with Crippen molar-refractivity contribution in [3.63, 3.8) is 0 Å². The molecule has 2 aromatic carbocycles. The SMILES string of the molecule is Cc1cc(O)cc(C)c1CC1NC(=O)C2Cc3ccccc3CN2C1=O. The van der Waals surface area contributed by atoms with Crippen molar-refractivity contribution >= 4 is 11.8 Å². The topological polar surface area (TPSA) is 69.6 Å². The number of carbonyl (C=O) groups excluding carboxylic acids is 2. The molecule has 0 aliphatic carbocycles. The zero-order valence-electron chi connectivity index (χ0n) is 15.0. The number of hydrogen-bond acceptors (Lipinski definition) is 3. The molecule has 134 valence electrons. The fourth-order valence-corrected chi connectivity index (χ4v) is 4.15. The fourth-order valence-electron chi connectivity index (χ4n) is 4.15. The van der Waals surface area contributed by atoms with Crippen LogP contribution >= 0.6 is 0 Å². The summed E-state index contributed by atoms with van der Waals surface area (Å²) < 4.78 is 0. The first-order chi connectivity index (χ1) is 12.4. The number of phenolic OH excluding ortho intramolecular Hbond substituents is 1. The summed E-state index contributed by atoms with van der Waals surface area (Å²) in [5, 5.41) is 12.6. The maximum absolute atomic E-state index is 13.1. The Hall–Kier alpha value is -2.82. The zero-order valence-corrected chi connectivity index (χ0v) is 15.0. The molecule has 5 nitrogen and oxygen atoms in total. The normalized spacial score (nSPS) is 21.8. The molecule has 26 heavy (non-hydrogen) atoms. The maximum Gasteiger partial charge on any atom is 0.246 e. The number of fused-ring (bicyclic) bond motifs is 2. The van der Waals surface area contributed by atoms with Gasteiger partial charge in [0.15, 0.2) is 0 Å². The van der Waals surface area contributed by atoms with Gasteiger partial charge >= 0.3 is 0 Å². The van der Waals surface area contributed by atoms with Crippen LogP contribution in [0.1, 0.15) is 27.8 Å². The average molecular weight is 350 g/mol. The highest BCUT2D eigenvalue weighted by Gasteiger charge is 2.42. The van der Waals surface area contributed by atoms with Crippen LogP contribution in [0.4, 0.5) is 0 Å². The quantitative estimate of drug-likeness (QED) is 0.870. The molecule has 0 radical (unpaired) electrons. The van der Waals surface area contributed by atoms with Crippen LogP contribution in [0.2, 0.25) is 0 Å². The van der Waals surface area contributed by atoms with E-state index < -0.39 is 12.1 Å². The van der Waals surface area contributed by atoms with Crippen LogP contribution in [-0.2, 0) is 29.0 Å². The van der Waals surface area contributed by atoms with Crippen LogP contribution in [0.15, 0.2) is 36.4 Å². The highest BCUT2D eigenvalue weighted by atomic mass is 16.3.